The standard InChI is InChI=1S/C11H23N/c1-4-7-11(5-2)12-9-6-8-10(12)3/h10-11H,4-9H2,1-3H3. The van der Waals surface area contributed by atoms with Gasteiger partial charge in [-0.25, -0.2) is 0 Å². The van der Waals surface area contributed by atoms with Gasteiger partial charge in [-0.2, -0.15) is 0 Å². The van der Waals surface area contributed by atoms with E-state index in [1.807, 2.05) is 0 Å². The molecule has 0 bridgehead atoms. The summed E-state index contributed by atoms with van der Waals surface area (Å²) in [5.74, 6) is 0. The highest BCUT2D eigenvalue weighted by Gasteiger charge is 2.25. The first kappa shape index (κ1) is 10.0. The van der Waals surface area contributed by atoms with Crippen molar-refractivity contribution in [1.29, 1.82) is 0 Å². The van der Waals surface area contributed by atoms with Gasteiger partial charge in [0.05, 0.1) is 0 Å². The predicted octanol–water partition coefficient (Wildman–Crippen LogP) is 3.05. The fraction of sp³-hybridized carbons (Fsp3) is 1.00. The molecular weight excluding hydrogens is 146 g/mol. The van der Waals surface area contributed by atoms with Crippen molar-refractivity contribution in [3.05, 3.63) is 0 Å². The number of rotatable bonds is 4. The summed E-state index contributed by atoms with van der Waals surface area (Å²) in [5, 5.41) is 0. The second kappa shape index (κ2) is 4.86. The summed E-state index contributed by atoms with van der Waals surface area (Å²) < 4.78 is 0. The SMILES string of the molecule is CCCC(CC)N1CCCC1C. The van der Waals surface area contributed by atoms with Crippen LogP contribution in [0.5, 0.6) is 0 Å². The molecule has 0 N–H and O–H groups in total. The molecule has 2 unspecified atom stereocenters. The number of nitrogens with zero attached hydrogens (tertiary/aromatic N) is 1. The van der Waals surface area contributed by atoms with Crippen LogP contribution in [0.25, 0.3) is 0 Å². The van der Waals surface area contributed by atoms with Crippen molar-refractivity contribution in [2.24, 2.45) is 0 Å². The van der Waals surface area contributed by atoms with Crippen LogP contribution < -0.4 is 0 Å². The molecule has 1 rings (SSSR count). The summed E-state index contributed by atoms with van der Waals surface area (Å²) in [6.45, 7) is 8.35. The first-order chi connectivity index (χ1) is 5.79. The topological polar surface area (TPSA) is 3.24 Å². The van der Waals surface area contributed by atoms with Crippen LogP contribution in [-0.4, -0.2) is 23.5 Å². The summed E-state index contributed by atoms with van der Waals surface area (Å²) in [7, 11) is 0. The van der Waals surface area contributed by atoms with E-state index >= 15 is 0 Å². The molecule has 1 nitrogen and oxygen atoms in total. The molecule has 1 heterocycles. The molecule has 0 amide bonds. The van der Waals surface area contributed by atoms with Gasteiger partial charge in [0, 0.05) is 12.1 Å². The largest absolute Gasteiger partial charge is 0.298 e. The number of hydrogen-bond acceptors (Lipinski definition) is 1. The molecule has 0 aromatic heterocycles. The second-order valence-electron chi connectivity index (χ2n) is 4.08. The predicted molar refractivity (Wildman–Crippen MR) is 54.4 cm³/mol. The second-order valence-corrected chi connectivity index (χ2v) is 4.08. The van der Waals surface area contributed by atoms with Crippen molar-refractivity contribution in [2.45, 2.75) is 65.0 Å². The van der Waals surface area contributed by atoms with E-state index in [9.17, 15) is 0 Å². The van der Waals surface area contributed by atoms with Crippen molar-refractivity contribution in [3.8, 4) is 0 Å². The van der Waals surface area contributed by atoms with Gasteiger partial charge in [0.2, 0.25) is 0 Å². The van der Waals surface area contributed by atoms with Gasteiger partial charge < -0.3 is 0 Å². The molecule has 1 heteroatoms. The Hall–Kier alpha value is -0.0400. The maximum atomic E-state index is 2.71. The Bertz CT molecular complexity index is 122. The third kappa shape index (κ3) is 2.22. The Morgan fingerprint density at radius 3 is 2.58 bits per heavy atom. The van der Waals surface area contributed by atoms with E-state index in [4.69, 9.17) is 0 Å². The first-order valence-corrected chi connectivity index (χ1v) is 5.55. The first-order valence-electron chi connectivity index (χ1n) is 5.55. The molecule has 0 aromatic rings. The Kier molecular flexibility index (Phi) is 4.07. The minimum absolute atomic E-state index is 0.849. The molecule has 0 saturated carbocycles. The molecule has 1 fully saturated rings. The van der Waals surface area contributed by atoms with E-state index < -0.39 is 0 Å². The minimum Gasteiger partial charge on any atom is -0.298 e. The normalized spacial score (nSPS) is 27.8. The van der Waals surface area contributed by atoms with Gasteiger partial charge in [0.25, 0.3) is 0 Å². The van der Waals surface area contributed by atoms with Gasteiger partial charge in [-0.3, -0.25) is 4.90 Å². The van der Waals surface area contributed by atoms with Crippen LogP contribution in [0.1, 0.15) is 52.9 Å². The molecule has 2 atom stereocenters. The molecule has 1 aliphatic heterocycles. The van der Waals surface area contributed by atoms with Crippen LogP contribution in [0, 0.1) is 0 Å². The molecule has 1 aliphatic rings. The third-order valence-corrected chi connectivity index (χ3v) is 3.17. The maximum absolute atomic E-state index is 2.71. The molecule has 12 heavy (non-hydrogen) atoms. The summed E-state index contributed by atoms with van der Waals surface area (Å²) in [5.41, 5.74) is 0. The van der Waals surface area contributed by atoms with Gasteiger partial charge >= 0.3 is 0 Å². The van der Waals surface area contributed by atoms with Crippen LogP contribution in [0.4, 0.5) is 0 Å². The van der Waals surface area contributed by atoms with Crippen molar-refractivity contribution >= 4 is 0 Å². The van der Waals surface area contributed by atoms with Crippen LogP contribution in [0.15, 0.2) is 0 Å². The van der Waals surface area contributed by atoms with Gasteiger partial charge in [-0.15, -0.1) is 0 Å². The molecule has 0 aromatic carbocycles. The summed E-state index contributed by atoms with van der Waals surface area (Å²) in [6.07, 6.45) is 6.89. The van der Waals surface area contributed by atoms with E-state index in [1.54, 1.807) is 0 Å². The van der Waals surface area contributed by atoms with Crippen molar-refractivity contribution in [2.75, 3.05) is 6.54 Å². The molecule has 0 radical (unpaired) electrons. The third-order valence-electron chi connectivity index (χ3n) is 3.17. The fourth-order valence-electron chi connectivity index (χ4n) is 2.44. The van der Waals surface area contributed by atoms with E-state index in [0.29, 0.717) is 0 Å². The Labute approximate surface area is 77.1 Å². The van der Waals surface area contributed by atoms with Crippen molar-refractivity contribution in [3.63, 3.8) is 0 Å². The van der Waals surface area contributed by atoms with Crippen LogP contribution in [0.2, 0.25) is 0 Å². The molecule has 72 valence electrons. The van der Waals surface area contributed by atoms with Crippen molar-refractivity contribution < 1.29 is 0 Å². The minimum atomic E-state index is 0.849. The van der Waals surface area contributed by atoms with Crippen LogP contribution in [0.3, 0.4) is 0 Å². The van der Waals surface area contributed by atoms with Gasteiger partial charge in [-0.05, 0) is 39.2 Å². The highest BCUT2D eigenvalue weighted by molar-refractivity contribution is 4.81. The van der Waals surface area contributed by atoms with Crippen LogP contribution >= 0.6 is 0 Å². The van der Waals surface area contributed by atoms with E-state index in [2.05, 4.69) is 25.7 Å². The lowest BCUT2D eigenvalue weighted by Gasteiger charge is -2.30. The van der Waals surface area contributed by atoms with Gasteiger partial charge in [0.1, 0.15) is 0 Å². The number of hydrogen-bond donors (Lipinski definition) is 0. The Balaban J connectivity index is 2.41. The molecular formula is C11H23N. The highest BCUT2D eigenvalue weighted by atomic mass is 15.2. The zero-order valence-corrected chi connectivity index (χ0v) is 8.84. The van der Waals surface area contributed by atoms with E-state index in [1.165, 1.54) is 38.6 Å². The zero-order chi connectivity index (χ0) is 8.97. The van der Waals surface area contributed by atoms with Crippen LogP contribution in [-0.2, 0) is 0 Å². The lowest BCUT2D eigenvalue weighted by Crippen LogP contribution is -2.37. The van der Waals surface area contributed by atoms with Gasteiger partial charge in [-0.1, -0.05) is 20.3 Å². The lowest BCUT2D eigenvalue weighted by molar-refractivity contribution is 0.174. The highest BCUT2D eigenvalue weighted by Crippen LogP contribution is 2.23. The average Bonchev–Trinajstić information content (AvgIpc) is 2.47. The number of likely N-dealkylation sites (tertiary alicyclic amines) is 1. The summed E-state index contributed by atoms with van der Waals surface area (Å²) >= 11 is 0. The summed E-state index contributed by atoms with van der Waals surface area (Å²) in [4.78, 5) is 2.71. The smallest absolute Gasteiger partial charge is 0.00953 e. The molecule has 0 spiro atoms. The Morgan fingerprint density at radius 1 is 1.42 bits per heavy atom. The van der Waals surface area contributed by atoms with Gasteiger partial charge in [0.15, 0.2) is 0 Å². The monoisotopic (exact) mass is 169 g/mol. The molecule has 0 aliphatic carbocycles. The maximum Gasteiger partial charge on any atom is 0.00953 e. The summed E-state index contributed by atoms with van der Waals surface area (Å²) in [6, 6.07) is 1.72. The fourth-order valence-corrected chi connectivity index (χ4v) is 2.44. The lowest BCUT2D eigenvalue weighted by atomic mass is 10.1. The van der Waals surface area contributed by atoms with E-state index in [-0.39, 0.29) is 0 Å². The Morgan fingerprint density at radius 2 is 2.17 bits per heavy atom. The van der Waals surface area contributed by atoms with E-state index in [0.717, 1.165) is 12.1 Å². The molecule has 1 saturated heterocycles. The zero-order valence-electron chi connectivity index (χ0n) is 8.84. The van der Waals surface area contributed by atoms with Crippen molar-refractivity contribution in [1.82, 2.24) is 4.90 Å². The average molecular weight is 169 g/mol. The quantitative estimate of drug-likeness (QED) is 0.625.